The summed E-state index contributed by atoms with van der Waals surface area (Å²) < 4.78 is 0.0701. The number of ketones is 1. The van der Waals surface area contributed by atoms with Crippen LogP contribution in [0.3, 0.4) is 0 Å². The summed E-state index contributed by atoms with van der Waals surface area (Å²) in [5.74, 6) is 0.441. The van der Waals surface area contributed by atoms with E-state index in [-0.39, 0.29) is 10.5 Å². The molecule has 1 nitrogen and oxygen atoms in total. The Labute approximate surface area is 111 Å². The van der Waals surface area contributed by atoms with E-state index in [1.54, 1.807) is 30.0 Å². The maximum absolute atomic E-state index is 11.9. The maximum atomic E-state index is 11.9. The third-order valence-electron chi connectivity index (χ3n) is 1.89. The number of carbonyl (C=O) groups is 1. The van der Waals surface area contributed by atoms with Crippen LogP contribution in [0.25, 0.3) is 0 Å². The molecule has 0 N–H and O–H groups in total. The molecule has 0 aliphatic carbocycles. The lowest BCUT2D eigenvalue weighted by atomic mass is 10.1. The molecule has 1 aromatic rings. The van der Waals surface area contributed by atoms with Crippen molar-refractivity contribution in [3.63, 3.8) is 0 Å². The van der Waals surface area contributed by atoms with Crippen molar-refractivity contribution in [3.8, 4) is 0 Å². The van der Waals surface area contributed by atoms with Gasteiger partial charge in [0.1, 0.15) is 0 Å². The predicted molar refractivity (Wildman–Crippen MR) is 73.0 cm³/mol. The summed E-state index contributed by atoms with van der Waals surface area (Å²) in [6.07, 6.45) is 0. The van der Waals surface area contributed by atoms with Crippen molar-refractivity contribution in [1.29, 1.82) is 0 Å². The van der Waals surface area contributed by atoms with Crippen LogP contribution in [0.5, 0.6) is 0 Å². The molecular weight excluding hydrogens is 263 g/mol. The molecule has 0 aliphatic heterocycles. The van der Waals surface area contributed by atoms with E-state index in [4.69, 9.17) is 23.2 Å². The molecule has 1 rings (SSSR count). The summed E-state index contributed by atoms with van der Waals surface area (Å²) in [5.41, 5.74) is 0.505. The fourth-order valence-electron chi connectivity index (χ4n) is 1.08. The van der Waals surface area contributed by atoms with Crippen LogP contribution in [-0.2, 0) is 0 Å². The Hall–Kier alpha value is -0.180. The standard InChI is InChI=1S/C12H14Cl2OS/c1-12(2,3)16-7-10(15)8-5-4-6-9(13)11(8)14/h4-6H,7H2,1-3H3. The average Bonchev–Trinajstić information content (AvgIpc) is 2.17. The van der Waals surface area contributed by atoms with Gasteiger partial charge in [-0.1, -0.05) is 50.0 Å². The van der Waals surface area contributed by atoms with Crippen molar-refractivity contribution < 1.29 is 4.79 Å². The Kier molecular flexibility index (Phi) is 4.72. The summed E-state index contributed by atoms with van der Waals surface area (Å²) in [6, 6.07) is 5.13. The summed E-state index contributed by atoms with van der Waals surface area (Å²) >= 11 is 13.4. The van der Waals surface area contributed by atoms with Crippen LogP contribution >= 0.6 is 35.0 Å². The largest absolute Gasteiger partial charge is 0.293 e. The topological polar surface area (TPSA) is 17.1 Å². The van der Waals surface area contributed by atoms with Crippen molar-refractivity contribution in [3.05, 3.63) is 33.8 Å². The van der Waals surface area contributed by atoms with Gasteiger partial charge in [0, 0.05) is 10.3 Å². The van der Waals surface area contributed by atoms with Crippen LogP contribution in [0.2, 0.25) is 10.0 Å². The summed E-state index contributed by atoms with van der Waals surface area (Å²) in [5, 5.41) is 0.775. The van der Waals surface area contributed by atoms with Crippen LogP contribution in [0, 0.1) is 0 Å². The fourth-order valence-corrected chi connectivity index (χ4v) is 2.20. The average molecular weight is 277 g/mol. The Morgan fingerprint density at radius 1 is 1.31 bits per heavy atom. The van der Waals surface area contributed by atoms with Crippen LogP contribution in [0.4, 0.5) is 0 Å². The minimum absolute atomic E-state index is 0.0208. The first-order valence-electron chi connectivity index (χ1n) is 4.92. The van der Waals surface area contributed by atoms with Gasteiger partial charge in [0.05, 0.1) is 15.8 Å². The van der Waals surface area contributed by atoms with Gasteiger partial charge in [0.2, 0.25) is 0 Å². The van der Waals surface area contributed by atoms with Gasteiger partial charge in [0.15, 0.2) is 5.78 Å². The molecule has 0 aliphatic rings. The molecule has 0 heterocycles. The molecule has 0 amide bonds. The number of halogens is 2. The zero-order chi connectivity index (χ0) is 12.3. The minimum Gasteiger partial charge on any atom is -0.293 e. The van der Waals surface area contributed by atoms with Crippen LogP contribution < -0.4 is 0 Å². The second-order valence-corrected chi connectivity index (χ2v) is 7.01. The normalized spacial score (nSPS) is 11.6. The zero-order valence-electron chi connectivity index (χ0n) is 9.51. The Morgan fingerprint density at radius 2 is 1.94 bits per heavy atom. The first-order valence-corrected chi connectivity index (χ1v) is 6.66. The van der Waals surface area contributed by atoms with E-state index in [0.717, 1.165) is 0 Å². The molecule has 0 saturated heterocycles. The van der Waals surface area contributed by atoms with E-state index >= 15 is 0 Å². The molecule has 0 unspecified atom stereocenters. The van der Waals surface area contributed by atoms with Crippen molar-refractivity contribution in [2.75, 3.05) is 5.75 Å². The van der Waals surface area contributed by atoms with Crippen LogP contribution in [-0.4, -0.2) is 16.3 Å². The molecule has 0 fully saturated rings. The monoisotopic (exact) mass is 276 g/mol. The summed E-state index contributed by atoms with van der Waals surface area (Å²) in [6.45, 7) is 6.22. The van der Waals surface area contributed by atoms with Gasteiger partial charge in [0.25, 0.3) is 0 Å². The highest BCUT2D eigenvalue weighted by molar-refractivity contribution is 8.01. The Balaban J connectivity index is 2.78. The number of carbonyl (C=O) groups excluding carboxylic acids is 1. The highest BCUT2D eigenvalue weighted by Gasteiger charge is 2.17. The first-order chi connectivity index (χ1) is 7.31. The van der Waals surface area contributed by atoms with Gasteiger partial charge in [-0.05, 0) is 12.1 Å². The lowest BCUT2D eigenvalue weighted by molar-refractivity contribution is 0.102. The SMILES string of the molecule is CC(C)(C)SCC(=O)c1cccc(Cl)c1Cl. The molecule has 16 heavy (non-hydrogen) atoms. The number of thioether (sulfide) groups is 1. The molecule has 0 aromatic heterocycles. The van der Waals surface area contributed by atoms with E-state index in [2.05, 4.69) is 20.8 Å². The van der Waals surface area contributed by atoms with Crippen LogP contribution in [0.1, 0.15) is 31.1 Å². The van der Waals surface area contributed by atoms with Gasteiger partial charge in [-0.3, -0.25) is 4.79 Å². The first kappa shape index (κ1) is 13.9. The predicted octanol–water partition coefficient (Wildman–Crippen LogP) is 4.71. The van der Waals surface area contributed by atoms with E-state index < -0.39 is 0 Å². The number of rotatable bonds is 3. The number of Topliss-reactive ketones (excluding diaryl/α,β-unsaturated/α-hetero) is 1. The third-order valence-corrected chi connectivity index (χ3v) is 3.98. The number of hydrogen-bond acceptors (Lipinski definition) is 2. The number of benzene rings is 1. The Bertz CT molecular complexity index is 396. The molecule has 0 spiro atoms. The van der Waals surface area contributed by atoms with Gasteiger partial charge < -0.3 is 0 Å². The second kappa shape index (κ2) is 5.44. The lowest BCUT2D eigenvalue weighted by Gasteiger charge is -2.17. The smallest absolute Gasteiger partial charge is 0.174 e. The molecule has 0 atom stereocenters. The fraction of sp³-hybridized carbons (Fsp3) is 0.417. The molecule has 0 radical (unpaired) electrons. The van der Waals surface area contributed by atoms with Gasteiger partial charge >= 0.3 is 0 Å². The molecular formula is C12H14Cl2OS. The number of hydrogen-bond donors (Lipinski definition) is 0. The minimum atomic E-state index is 0.0208. The molecule has 88 valence electrons. The lowest BCUT2D eigenvalue weighted by Crippen LogP contribution is -2.13. The molecule has 1 aromatic carbocycles. The highest BCUT2D eigenvalue weighted by Crippen LogP contribution is 2.29. The second-order valence-electron chi connectivity index (χ2n) is 4.43. The van der Waals surface area contributed by atoms with E-state index in [1.165, 1.54) is 0 Å². The van der Waals surface area contributed by atoms with Gasteiger partial charge in [-0.25, -0.2) is 0 Å². The van der Waals surface area contributed by atoms with Gasteiger partial charge in [-0.15, -0.1) is 11.8 Å². The highest BCUT2D eigenvalue weighted by atomic mass is 35.5. The maximum Gasteiger partial charge on any atom is 0.174 e. The third kappa shape index (κ3) is 4.00. The van der Waals surface area contributed by atoms with E-state index in [1.807, 2.05) is 0 Å². The van der Waals surface area contributed by atoms with E-state index in [0.29, 0.717) is 21.4 Å². The van der Waals surface area contributed by atoms with Crippen molar-refractivity contribution >= 4 is 40.7 Å². The Morgan fingerprint density at radius 3 is 2.50 bits per heavy atom. The molecule has 0 saturated carbocycles. The van der Waals surface area contributed by atoms with Crippen molar-refractivity contribution in [1.82, 2.24) is 0 Å². The summed E-state index contributed by atoms with van der Waals surface area (Å²) in [4.78, 5) is 11.9. The van der Waals surface area contributed by atoms with Crippen molar-refractivity contribution in [2.45, 2.75) is 25.5 Å². The zero-order valence-corrected chi connectivity index (χ0v) is 11.8. The molecule has 0 bridgehead atoms. The summed E-state index contributed by atoms with van der Waals surface area (Å²) in [7, 11) is 0. The van der Waals surface area contributed by atoms with Crippen molar-refractivity contribution in [2.24, 2.45) is 0 Å². The quantitative estimate of drug-likeness (QED) is 0.744. The van der Waals surface area contributed by atoms with Gasteiger partial charge in [-0.2, -0.15) is 0 Å². The molecule has 4 heteroatoms. The van der Waals surface area contributed by atoms with Crippen LogP contribution in [0.15, 0.2) is 18.2 Å². The van der Waals surface area contributed by atoms with E-state index in [9.17, 15) is 4.79 Å².